The fourth-order valence-electron chi connectivity index (χ4n) is 1.84. The number of thiophene rings is 1. The van der Waals surface area contributed by atoms with Crippen molar-refractivity contribution in [2.45, 2.75) is 13.0 Å². The lowest BCUT2D eigenvalue weighted by Gasteiger charge is -2.31. The number of hydrogen-bond acceptors (Lipinski definition) is 5. The van der Waals surface area contributed by atoms with Gasteiger partial charge in [0, 0.05) is 13.1 Å². The number of nitrogens with zero attached hydrogens (tertiary/aromatic N) is 1. The average molecular weight is 285 g/mol. The summed E-state index contributed by atoms with van der Waals surface area (Å²) < 4.78 is 10.6. The van der Waals surface area contributed by atoms with Gasteiger partial charge in [-0.25, -0.2) is 4.79 Å². The number of carbonyl (C=O) groups is 2. The van der Waals surface area contributed by atoms with Gasteiger partial charge in [0.1, 0.15) is 5.75 Å². The monoisotopic (exact) mass is 285 g/mol. The van der Waals surface area contributed by atoms with Gasteiger partial charge in [0.25, 0.3) is 5.91 Å². The van der Waals surface area contributed by atoms with Crippen LogP contribution in [0.5, 0.6) is 5.75 Å². The summed E-state index contributed by atoms with van der Waals surface area (Å²) in [6.45, 7) is 3.36. The molecule has 2 rings (SSSR count). The molecule has 1 aliphatic heterocycles. The summed E-state index contributed by atoms with van der Waals surface area (Å²) in [6, 6.07) is 1.56. The van der Waals surface area contributed by atoms with Crippen LogP contribution in [0.2, 0.25) is 0 Å². The summed E-state index contributed by atoms with van der Waals surface area (Å²) in [5.74, 6) is -0.956. The van der Waals surface area contributed by atoms with Gasteiger partial charge in [-0.1, -0.05) is 0 Å². The van der Waals surface area contributed by atoms with E-state index in [4.69, 9.17) is 14.6 Å². The zero-order chi connectivity index (χ0) is 13.8. The van der Waals surface area contributed by atoms with E-state index in [2.05, 4.69) is 0 Å². The Kier molecular flexibility index (Phi) is 4.39. The number of carbonyl (C=O) groups excluding carboxylic acids is 1. The minimum atomic E-state index is -1.04. The van der Waals surface area contributed by atoms with Crippen molar-refractivity contribution in [3.63, 3.8) is 0 Å². The van der Waals surface area contributed by atoms with Crippen molar-refractivity contribution >= 4 is 23.2 Å². The van der Waals surface area contributed by atoms with Gasteiger partial charge >= 0.3 is 5.97 Å². The second-order valence-electron chi connectivity index (χ2n) is 4.23. The molecule has 1 N–H and O–H groups in total. The molecule has 1 unspecified atom stereocenters. The van der Waals surface area contributed by atoms with Gasteiger partial charge in [0.15, 0.2) is 11.5 Å². The molecule has 0 spiro atoms. The Hall–Kier alpha value is -1.60. The van der Waals surface area contributed by atoms with Crippen LogP contribution in [0, 0.1) is 0 Å². The highest BCUT2D eigenvalue weighted by Crippen LogP contribution is 2.24. The maximum atomic E-state index is 11.9. The molecular formula is C12H15NO5S. The molecule has 7 heteroatoms. The molecule has 104 valence electrons. The van der Waals surface area contributed by atoms with E-state index < -0.39 is 5.97 Å². The predicted molar refractivity (Wildman–Crippen MR) is 68.8 cm³/mol. The molecule has 0 saturated carbocycles. The Labute approximate surface area is 114 Å². The quantitative estimate of drug-likeness (QED) is 0.895. The normalized spacial score (nSPS) is 19.2. The molecule has 0 aromatic carbocycles. The Bertz CT molecular complexity index is 472. The standard InChI is InChI=1S/C12H15NO5S/c1-8-6-13(3-4-17-8)10(14)7-18-9-2-5-19-11(9)12(15)16/h2,5,8H,3-4,6-7H2,1H3,(H,15,16). The highest BCUT2D eigenvalue weighted by atomic mass is 32.1. The zero-order valence-electron chi connectivity index (χ0n) is 10.5. The van der Waals surface area contributed by atoms with Crippen LogP contribution in [0.15, 0.2) is 11.4 Å². The van der Waals surface area contributed by atoms with Crippen LogP contribution in [0.1, 0.15) is 16.6 Å². The van der Waals surface area contributed by atoms with Gasteiger partial charge in [-0.05, 0) is 18.4 Å². The summed E-state index contributed by atoms with van der Waals surface area (Å²) in [5.41, 5.74) is 0. The van der Waals surface area contributed by atoms with Crippen LogP contribution in [0.3, 0.4) is 0 Å². The summed E-state index contributed by atoms with van der Waals surface area (Å²) in [7, 11) is 0. The molecule has 6 nitrogen and oxygen atoms in total. The Morgan fingerprint density at radius 1 is 1.63 bits per heavy atom. The van der Waals surface area contributed by atoms with Gasteiger partial charge < -0.3 is 19.5 Å². The maximum absolute atomic E-state index is 11.9. The molecule has 0 aliphatic carbocycles. The average Bonchev–Trinajstić information content (AvgIpc) is 2.84. The van der Waals surface area contributed by atoms with Crippen LogP contribution < -0.4 is 4.74 Å². The minimum Gasteiger partial charge on any atom is -0.482 e. The summed E-state index contributed by atoms with van der Waals surface area (Å²) in [6.07, 6.45) is 0.0217. The number of carboxylic acid groups (broad SMARTS) is 1. The number of morpholine rings is 1. The third-order valence-corrected chi connectivity index (χ3v) is 3.65. The predicted octanol–water partition coefficient (Wildman–Crippen LogP) is 1.07. The van der Waals surface area contributed by atoms with E-state index in [-0.39, 0.29) is 29.2 Å². The van der Waals surface area contributed by atoms with Gasteiger partial charge in [-0.2, -0.15) is 0 Å². The Balaban J connectivity index is 1.89. The third kappa shape index (κ3) is 3.45. The van der Waals surface area contributed by atoms with Crippen LogP contribution in [0.25, 0.3) is 0 Å². The summed E-state index contributed by atoms with van der Waals surface area (Å²) in [4.78, 5) is 24.6. The first-order valence-electron chi connectivity index (χ1n) is 5.91. The molecule has 1 saturated heterocycles. The lowest BCUT2D eigenvalue weighted by Crippen LogP contribution is -2.46. The van der Waals surface area contributed by atoms with Crippen molar-refractivity contribution in [2.24, 2.45) is 0 Å². The molecule has 1 aromatic rings. The molecular weight excluding hydrogens is 270 g/mol. The first-order valence-corrected chi connectivity index (χ1v) is 6.79. The van der Waals surface area contributed by atoms with Crippen LogP contribution >= 0.6 is 11.3 Å². The van der Waals surface area contributed by atoms with Crippen molar-refractivity contribution < 1.29 is 24.2 Å². The van der Waals surface area contributed by atoms with E-state index in [1.54, 1.807) is 16.3 Å². The fourth-order valence-corrected chi connectivity index (χ4v) is 2.51. The molecule has 1 fully saturated rings. The van der Waals surface area contributed by atoms with E-state index in [0.717, 1.165) is 11.3 Å². The molecule has 1 amide bonds. The topological polar surface area (TPSA) is 76.1 Å². The van der Waals surface area contributed by atoms with Crippen molar-refractivity contribution in [1.29, 1.82) is 0 Å². The fraction of sp³-hybridized carbons (Fsp3) is 0.500. The largest absolute Gasteiger partial charge is 0.482 e. The minimum absolute atomic E-state index is 0.0217. The number of amides is 1. The first-order chi connectivity index (χ1) is 9.08. The van der Waals surface area contributed by atoms with Crippen molar-refractivity contribution in [2.75, 3.05) is 26.3 Å². The highest BCUT2D eigenvalue weighted by Gasteiger charge is 2.22. The summed E-state index contributed by atoms with van der Waals surface area (Å²) >= 11 is 1.08. The van der Waals surface area contributed by atoms with Crippen LogP contribution in [0.4, 0.5) is 0 Å². The van der Waals surface area contributed by atoms with Gasteiger partial charge in [0.2, 0.25) is 0 Å². The van der Waals surface area contributed by atoms with E-state index >= 15 is 0 Å². The lowest BCUT2D eigenvalue weighted by molar-refractivity contribution is -0.140. The van der Waals surface area contributed by atoms with E-state index in [1.807, 2.05) is 6.92 Å². The number of carboxylic acids is 1. The smallest absolute Gasteiger partial charge is 0.349 e. The van der Waals surface area contributed by atoms with Crippen molar-refractivity contribution in [3.8, 4) is 5.75 Å². The van der Waals surface area contributed by atoms with E-state index in [9.17, 15) is 9.59 Å². The SMILES string of the molecule is CC1CN(C(=O)COc2ccsc2C(=O)O)CCO1. The van der Waals surface area contributed by atoms with E-state index in [0.29, 0.717) is 19.7 Å². The highest BCUT2D eigenvalue weighted by molar-refractivity contribution is 7.12. The molecule has 2 heterocycles. The molecule has 19 heavy (non-hydrogen) atoms. The molecule has 1 aromatic heterocycles. The molecule has 0 bridgehead atoms. The Morgan fingerprint density at radius 3 is 3.11 bits per heavy atom. The Morgan fingerprint density at radius 2 is 2.42 bits per heavy atom. The maximum Gasteiger partial charge on any atom is 0.349 e. The number of rotatable bonds is 4. The first kappa shape index (κ1) is 13.8. The van der Waals surface area contributed by atoms with Crippen molar-refractivity contribution in [3.05, 3.63) is 16.3 Å². The number of hydrogen-bond donors (Lipinski definition) is 1. The van der Waals surface area contributed by atoms with Crippen LogP contribution in [-0.4, -0.2) is 54.3 Å². The second kappa shape index (κ2) is 6.03. The van der Waals surface area contributed by atoms with Gasteiger partial charge in [-0.15, -0.1) is 11.3 Å². The van der Waals surface area contributed by atoms with Gasteiger partial charge in [0.05, 0.1) is 12.7 Å². The molecule has 1 atom stereocenters. The van der Waals surface area contributed by atoms with E-state index in [1.165, 1.54) is 0 Å². The zero-order valence-corrected chi connectivity index (χ0v) is 11.3. The number of aromatic carboxylic acids is 1. The second-order valence-corrected chi connectivity index (χ2v) is 5.15. The van der Waals surface area contributed by atoms with Gasteiger partial charge in [-0.3, -0.25) is 4.79 Å². The van der Waals surface area contributed by atoms with Crippen molar-refractivity contribution in [1.82, 2.24) is 4.90 Å². The van der Waals surface area contributed by atoms with Crippen LogP contribution in [-0.2, 0) is 9.53 Å². The molecule has 0 radical (unpaired) electrons. The molecule has 1 aliphatic rings. The summed E-state index contributed by atoms with van der Waals surface area (Å²) in [5, 5.41) is 10.5. The third-order valence-electron chi connectivity index (χ3n) is 2.77. The number of ether oxygens (including phenoxy) is 2. The lowest BCUT2D eigenvalue weighted by atomic mass is 10.3.